The van der Waals surface area contributed by atoms with Gasteiger partial charge in [-0.2, -0.15) is 0 Å². The highest BCUT2D eigenvalue weighted by Gasteiger charge is 2.19. The maximum atomic E-state index is 11.9. The molecule has 0 aliphatic carbocycles. The number of imidazole rings is 1. The maximum Gasteiger partial charge on any atom is 0.275 e. The highest BCUT2D eigenvalue weighted by Crippen LogP contribution is 2.61. The molecule has 0 amide bonds. The molecule has 3 unspecified atom stereocenters. The van der Waals surface area contributed by atoms with E-state index in [1.54, 1.807) is 4.57 Å². The first kappa shape index (κ1) is 21.5. The Balaban J connectivity index is 1.88. The van der Waals surface area contributed by atoms with Gasteiger partial charge in [0.15, 0.2) is 11.5 Å². The van der Waals surface area contributed by atoms with Crippen LogP contribution in [0.2, 0.25) is 0 Å². The molecule has 26 heavy (non-hydrogen) atoms. The summed E-state index contributed by atoms with van der Waals surface area (Å²) in [7, 11) is -10.0. The van der Waals surface area contributed by atoms with Crippen LogP contribution in [0.3, 0.4) is 0 Å². The van der Waals surface area contributed by atoms with Crippen molar-refractivity contribution in [1.29, 1.82) is 0 Å². The Hall–Kier alpha value is -0.780. The smallest absolute Gasteiger partial charge is 0.275 e. The summed E-state index contributed by atoms with van der Waals surface area (Å²) >= 11 is 4.50. The molecule has 17 heteroatoms. The lowest BCUT2D eigenvalue weighted by Gasteiger charge is -2.36. The molecule has 146 valence electrons. The molecule has 0 radical (unpaired) electrons. The van der Waals surface area contributed by atoms with E-state index >= 15 is 0 Å². The number of fused-ring (bicyclic) bond motifs is 1. The SMILES string of the molecule is CP(=O)([O-])OP(=O)([O-])OP([O-])(=S)COCCn1cnc2c(N)ncnc21. The van der Waals surface area contributed by atoms with Crippen molar-refractivity contribution in [1.82, 2.24) is 19.5 Å². The van der Waals surface area contributed by atoms with Gasteiger partial charge < -0.3 is 34.3 Å². The van der Waals surface area contributed by atoms with Crippen LogP contribution < -0.4 is 20.4 Å². The van der Waals surface area contributed by atoms with E-state index in [4.69, 9.17) is 10.5 Å². The molecular weight excluding hydrogens is 431 g/mol. The molecule has 3 atom stereocenters. The largest absolute Gasteiger partial charge is 0.799 e. The van der Waals surface area contributed by atoms with Gasteiger partial charge in [-0.15, -0.1) is 0 Å². The van der Waals surface area contributed by atoms with E-state index in [1.165, 1.54) is 12.7 Å². The van der Waals surface area contributed by atoms with Gasteiger partial charge in [0, 0.05) is 19.7 Å². The number of nitrogens with two attached hydrogens (primary N) is 1. The molecule has 0 aliphatic rings. The summed E-state index contributed by atoms with van der Waals surface area (Å²) in [5.41, 5.74) is 6.50. The summed E-state index contributed by atoms with van der Waals surface area (Å²) in [5, 5.41) is 0. The van der Waals surface area contributed by atoms with Crippen LogP contribution in [-0.4, -0.2) is 39.1 Å². The van der Waals surface area contributed by atoms with E-state index < -0.39 is 28.3 Å². The quantitative estimate of drug-likeness (QED) is 0.355. The van der Waals surface area contributed by atoms with Gasteiger partial charge in [0.05, 0.1) is 19.3 Å². The molecule has 2 aromatic heterocycles. The molecule has 0 spiro atoms. The van der Waals surface area contributed by atoms with Gasteiger partial charge in [0.2, 0.25) is 0 Å². The lowest BCUT2D eigenvalue weighted by Crippen LogP contribution is -2.17. The van der Waals surface area contributed by atoms with Gasteiger partial charge in [-0.05, 0) is 0 Å². The summed E-state index contributed by atoms with van der Waals surface area (Å²) in [6.45, 7) is -3.56. The molecule has 0 bridgehead atoms. The summed E-state index contributed by atoms with van der Waals surface area (Å²) in [6, 6.07) is 0. The molecule has 0 saturated heterocycles. The van der Waals surface area contributed by atoms with E-state index in [0.717, 1.165) is 0 Å². The van der Waals surface area contributed by atoms with Crippen molar-refractivity contribution < 1.29 is 37.2 Å². The van der Waals surface area contributed by atoms with Gasteiger partial charge in [0.25, 0.3) is 7.82 Å². The first-order valence-corrected chi connectivity index (χ1v) is 13.0. The molecule has 2 aromatic rings. The minimum absolute atomic E-state index is 0.0444. The first-order chi connectivity index (χ1) is 11.9. The van der Waals surface area contributed by atoms with Crippen molar-refractivity contribution in [3.8, 4) is 0 Å². The van der Waals surface area contributed by atoms with Crippen LogP contribution in [0.15, 0.2) is 12.7 Å². The Labute approximate surface area is 152 Å². The minimum atomic E-state index is -5.39. The molecular formula is C9H13N5O8P3S-3. The predicted octanol–water partition coefficient (Wildman–Crippen LogP) is -1.26. The summed E-state index contributed by atoms with van der Waals surface area (Å²) < 4.78 is 36.6. The van der Waals surface area contributed by atoms with E-state index in [2.05, 4.69) is 35.4 Å². The van der Waals surface area contributed by atoms with Crippen molar-refractivity contribution in [3.05, 3.63) is 12.7 Å². The Morgan fingerprint density at radius 3 is 2.58 bits per heavy atom. The monoisotopic (exact) mass is 444 g/mol. The van der Waals surface area contributed by atoms with Crippen LogP contribution in [-0.2, 0) is 40.8 Å². The second-order valence-corrected chi connectivity index (χ2v) is 11.8. The highest BCUT2D eigenvalue weighted by molar-refractivity contribution is 8.10. The lowest BCUT2D eigenvalue weighted by molar-refractivity contribution is -0.231. The number of anilines is 1. The predicted molar refractivity (Wildman–Crippen MR) is 88.1 cm³/mol. The van der Waals surface area contributed by atoms with Crippen LogP contribution in [0.25, 0.3) is 11.2 Å². The Morgan fingerprint density at radius 1 is 1.23 bits per heavy atom. The van der Waals surface area contributed by atoms with E-state index in [0.29, 0.717) is 17.8 Å². The van der Waals surface area contributed by atoms with Gasteiger partial charge in [0.1, 0.15) is 19.4 Å². The minimum Gasteiger partial charge on any atom is -0.799 e. The number of ether oxygens (including phenoxy) is 1. The number of hydrogen-bond donors (Lipinski definition) is 1. The average molecular weight is 444 g/mol. The average Bonchev–Trinajstić information content (AvgIpc) is 2.84. The van der Waals surface area contributed by atoms with Crippen molar-refractivity contribution in [2.45, 2.75) is 6.54 Å². The zero-order valence-corrected chi connectivity index (χ0v) is 16.7. The van der Waals surface area contributed by atoms with Crippen molar-refractivity contribution >= 4 is 50.7 Å². The van der Waals surface area contributed by atoms with Crippen molar-refractivity contribution in [2.24, 2.45) is 0 Å². The Morgan fingerprint density at radius 2 is 1.92 bits per heavy atom. The van der Waals surface area contributed by atoms with Crippen LogP contribution in [0.5, 0.6) is 0 Å². The van der Waals surface area contributed by atoms with Gasteiger partial charge >= 0.3 is 0 Å². The van der Waals surface area contributed by atoms with E-state index in [1.807, 2.05) is 0 Å². The number of rotatable bonds is 9. The Kier molecular flexibility index (Phi) is 6.68. The van der Waals surface area contributed by atoms with Gasteiger partial charge in [-0.3, -0.25) is 13.2 Å². The third-order valence-electron chi connectivity index (χ3n) is 2.63. The van der Waals surface area contributed by atoms with Crippen molar-refractivity contribution in [3.63, 3.8) is 0 Å². The van der Waals surface area contributed by atoms with Crippen LogP contribution in [0.1, 0.15) is 0 Å². The molecule has 0 fully saturated rings. The van der Waals surface area contributed by atoms with E-state index in [-0.39, 0.29) is 19.0 Å². The first-order valence-electron chi connectivity index (χ1n) is 6.70. The van der Waals surface area contributed by atoms with Gasteiger partial charge in [-0.25, -0.2) is 15.0 Å². The number of phosphoric acid groups is 1. The molecule has 13 nitrogen and oxygen atoms in total. The number of hydrogen-bond acceptors (Lipinski definition) is 13. The fourth-order valence-corrected chi connectivity index (χ4v) is 6.33. The maximum absolute atomic E-state index is 11.9. The van der Waals surface area contributed by atoms with Crippen LogP contribution in [0.4, 0.5) is 5.82 Å². The highest BCUT2D eigenvalue weighted by atomic mass is 32.5. The second kappa shape index (κ2) is 8.07. The zero-order chi connectivity index (χ0) is 19.6. The third kappa shape index (κ3) is 6.43. The van der Waals surface area contributed by atoms with Crippen LogP contribution in [0, 0.1) is 0 Å². The normalized spacial score (nSPS) is 18.9. The second-order valence-electron chi connectivity index (χ2n) is 4.90. The zero-order valence-electron chi connectivity index (χ0n) is 13.2. The Bertz CT molecular complexity index is 931. The summed E-state index contributed by atoms with van der Waals surface area (Å²) in [5.74, 6) is 0.205. The summed E-state index contributed by atoms with van der Waals surface area (Å²) in [6.07, 6.45) is 1.94. The molecule has 2 rings (SSSR count). The molecule has 2 N–H and O–H groups in total. The number of nitrogens with zero attached hydrogens (tertiary/aromatic N) is 4. The van der Waals surface area contributed by atoms with Crippen LogP contribution >= 0.6 is 21.9 Å². The summed E-state index contributed by atoms with van der Waals surface area (Å²) in [4.78, 5) is 45.9. The molecule has 0 aromatic carbocycles. The fraction of sp³-hybridized carbons (Fsp3) is 0.444. The van der Waals surface area contributed by atoms with Gasteiger partial charge in [-0.1, -0.05) is 11.8 Å². The van der Waals surface area contributed by atoms with Crippen molar-refractivity contribution in [2.75, 3.05) is 25.4 Å². The fourth-order valence-electron chi connectivity index (χ4n) is 1.77. The van der Waals surface area contributed by atoms with E-state index in [9.17, 15) is 23.8 Å². The number of aromatic nitrogens is 4. The molecule has 0 aliphatic heterocycles. The lowest BCUT2D eigenvalue weighted by atomic mass is 10.5. The molecule has 2 heterocycles. The third-order valence-corrected chi connectivity index (χ3v) is 7.82. The topological polar surface area (TPSA) is 201 Å². The number of nitrogen functional groups attached to an aromatic ring is 1. The molecule has 0 saturated carbocycles. The standard InChI is InChI=1S/C9H16N5O8P3S/c1-23(15,16)21-25(18,19)22-24(17,26)6-20-3-2-14-5-13-7-8(10)11-4-12-9(7)14/h4-5H,2-3,6H2,1H3,(H,15,16)(H,17,26)(H,18,19)(H2,10,11,12)/p-3.